The van der Waals surface area contributed by atoms with Gasteiger partial charge in [0.2, 0.25) is 10.0 Å². The van der Waals surface area contributed by atoms with Crippen molar-refractivity contribution in [3.05, 3.63) is 64.2 Å². The first-order chi connectivity index (χ1) is 16.3. The Morgan fingerprint density at radius 2 is 1.65 bits per heavy atom. The molecule has 34 heavy (non-hydrogen) atoms. The Hall–Kier alpha value is -2.13. The summed E-state index contributed by atoms with van der Waals surface area (Å²) in [6, 6.07) is 13.8. The van der Waals surface area contributed by atoms with Gasteiger partial charge in [-0.2, -0.15) is 4.31 Å². The van der Waals surface area contributed by atoms with Gasteiger partial charge in [-0.15, -0.1) is 0 Å². The Balaban J connectivity index is 1.33. The number of carbonyl (C=O) groups excluding carboxylic acids is 1. The fraction of sp³-hybridized carbons (Fsp3) is 0.480. The van der Waals surface area contributed by atoms with Crippen LogP contribution in [0.5, 0.6) is 0 Å². The van der Waals surface area contributed by atoms with Crippen LogP contribution in [-0.4, -0.2) is 86.5 Å². The summed E-state index contributed by atoms with van der Waals surface area (Å²) in [6.07, 6.45) is 0. The Bertz CT molecular complexity index is 1120. The number of nitrogens with zero attached hydrogens (tertiary/aromatic N) is 4. The third kappa shape index (κ3) is 5.74. The van der Waals surface area contributed by atoms with Crippen LogP contribution in [0.1, 0.15) is 28.4 Å². The summed E-state index contributed by atoms with van der Waals surface area (Å²) in [4.78, 5) is 19.7. The second kappa shape index (κ2) is 10.6. The molecule has 0 saturated carbocycles. The predicted octanol–water partition coefficient (Wildman–Crippen LogP) is 3.08. The van der Waals surface area contributed by atoms with Gasteiger partial charge in [0.1, 0.15) is 0 Å². The van der Waals surface area contributed by atoms with Crippen LogP contribution in [0.15, 0.2) is 42.5 Å². The molecule has 0 atom stereocenters. The molecule has 9 heteroatoms. The van der Waals surface area contributed by atoms with Crippen LogP contribution >= 0.6 is 11.6 Å². The zero-order valence-electron chi connectivity index (χ0n) is 19.9. The topological polar surface area (TPSA) is 64.2 Å². The fourth-order valence-electron chi connectivity index (χ4n) is 4.67. The van der Waals surface area contributed by atoms with Crippen molar-refractivity contribution in [2.24, 2.45) is 0 Å². The van der Waals surface area contributed by atoms with Crippen LogP contribution < -0.4 is 4.90 Å². The lowest BCUT2D eigenvalue weighted by molar-refractivity contribution is 0.0746. The molecule has 2 aliphatic heterocycles. The maximum Gasteiger partial charge on any atom is 0.253 e. The Labute approximate surface area is 207 Å². The molecule has 0 spiro atoms. The summed E-state index contributed by atoms with van der Waals surface area (Å²) in [5.74, 6) is 0.201. The van der Waals surface area contributed by atoms with Crippen LogP contribution in [0.2, 0.25) is 5.02 Å². The molecular formula is C25H33ClN4O3S. The van der Waals surface area contributed by atoms with Gasteiger partial charge in [-0.3, -0.25) is 9.69 Å². The van der Waals surface area contributed by atoms with E-state index in [0.717, 1.165) is 29.4 Å². The zero-order chi connectivity index (χ0) is 24.3. The van der Waals surface area contributed by atoms with Gasteiger partial charge in [-0.25, -0.2) is 8.42 Å². The van der Waals surface area contributed by atoms with E-state index >= 15 is 0 Å². The van der Waals surface area contributed by atoms with E-state index in [4.69, 9.17) is 11.6 Å². The molecule has 7 nitrogen and oxygen atoms in total. The van der Waals surface area contributed by atoms with Gasteiger partial charge < -0.3 is 9.80 Å². The number of hydrogen-bond acceptors (Lipinski definition) is 5. The molecule has 2 aliphatic rings. The van der Waals surface area contributed by atoms with Crippen molar-refractivity contribution in [3.63, 3.8) is 0 Å². The fourth-order valence-corrected chi connectivity index (χ4v) is 5.92. The number of anilines is 1. The summed E-state index contributed by atoms with van der Waals surface area (Å²) in [6.45, 7) is 9.80. The number of sulfonamides is 1. The van der Waals surface area contributed by atoms with Crippen molar-refractivity contribution < 1.29 is 13.2 Å². The van der Waals surface area contributed by atoms with E-state index in [9.17, 15) is 13.2 Å². The van der Waals surface area contributed by atoms with Crippen molar-refractivity contribution in [2.75, 3.05) is 63.0 Å². The number of carbonyl (C=O) groups is 1. The summed E-state index contributed by atoms with van der Waals surface area (Å²) >= 11 is 6.19. The highest BCUT2D eigenvalue weighted by Crippen LogP contribution is 2.25. The molecule has 2 heterocycles. The van der Waals surface area contributed by atoms with Crippen molar-refractivity contribution >= 4 is 33.2 Å². The van der Waals surface area contributed by atoms with E-state index in [2.05, 4.69) is 16.7 Å². The van der Waals surface area contributed by atoms with E-state index in [1.54, 1.807) is 11.2 Å². The van der Waals surface area contributed by atoms with Gasteiger partial charge in [0.15, 0.2) is 0 Å². The SMILES string of the molecule is CCS(=O)(=O)N1CCN(Cc2cccc(C(=O)N3CCN(c4cc(Cl)ccc4C)CC3)c2)CC1. The number of piperazine rings is 2. The predicted molar refractivity (Wildman–Crippen MR) is 137 cm³/mol. The van der Waals surface area contributed by atoms with E-state index in [0.29, 0.717) is 51.4 Å². The maximum atomic E-state index is 13.2. The number of hydrogen-bond donors (Lipinski definition) is 0. The van der Waals surface area contributed by atoms with Crippen molar-refractivity contribution in [3.8, 4) is 0 Å². The molecule has 0 aliphatic carbocycles. The molecule has 0 aromatic heterocycles. The lowest BCUT2D eigenvalue weighted by Crippen LogP contribution is -2.49. The molecule has 4 rings (SSSR count). The molecule has 1 amide bonds. The van der Waals surface area contributed by atoms with Crippen LogP contribution in [0.25, 0.3) is 0 Å². The molecule has 0 radical (unpaired) electrons. The van der Waals surface area contributed by atoms with Gasteiger partial charge in [0.05, 0.1) is 5.75 Å². The molecule has 2 aromatic rings. The maximum absolute atomic E-state index is 13.2. The second-order valence-electron chi connectivity index (χ2n) is 8.99. The summed E-state index contributed by atoms with van der Waals surface area (Å²) < 4.78 is 25.7. The van der Waals surface area contributed by atoms with E-state index in [-0.39, 0.29) is 11.7 Å². The van der Waals surface area contributed by atoms with Crippen molar-refractivity contribution in [1.29, 1.82) is 0 Å². The van der Waals surface area contributed by atoms with E-state index in [1.807, 2.05) is 47.4 Å². The molecule has 0 bridgehead atoms. The number of halogens is 1. The van der Waals surface area contributed by atoms with Crippen LogP contribution in [0.3, 0.4) is 0 Å². The highest BCUT2D eigenvalue weighted by atomic mass is 35.5. The minimum absolute atomic E-state index is 0.0585. The largest absolute Gasteiger partial charge is 0.368 e. The zero-order valence-corrected chi connectivity index (χ0v) is 21.5. The number of benzene rings is 2. The van der Waals surface area contributed by atoms with E-state index in [1.165, 1.54) is 5.56 Å². The third-order valence-electron chi connectivity index (χ3n) is 6.75. The average Bonchev–Trinajstić information content (AvgIpc) is 2.86. The molecule has 184 valence electrons. The highest BCUT2D eigenvalue weighted by Gasteiger charge is 2.26. The van der Waals surface area contributed by atoms with Crippen LogP contribution in [-0.2, 0) is 16.6 Å². The molecule has 0 N–H and O–H groups in total. The summed E-state index contributed by atoms with van der Waals surface area (Å²) in [7, 11) is -3.13. The first-order valence-electron chi connectivity index (χ1n) is 11.9. The summed E-state index contributed by atoms with van der Waals surface area (Å²) in [5.41, 5.74) is 4.10. The summed E-state index contributed by atoms with van der Waals surface area (Å²) in [5, 5.41) is 0.726. The standard InChI is InChI=1S/C25H33ClN4O3S/c1-3-34(32,33)30-15-9-27(10-16-30)19-21-5-4-6-22(17-21)25(31)29-13-11-28(12-14-29)24-18-23(26)8-7-20(24)2/h4-8,17-18H,3,9-16,19H2,1-2H3. The molecule has 2 fully saturated rings. The van der Waals surface area contributed by atoms with Gasteiger partial charge >= 0.3 is 0 Å². The molecule has 2 aromatic carbocycles. The minimum Gasteiger partial charge on any atom is -0.368 e. The Kier molecular flexibility index (Phi) is 7.82. The normalized spacial score (nSPS) is 18.3. The van der Waals surface area contributed by atoms with Crippen molar-refractivity contribution in [2.45, 2.75) is 20.4 Å². The second-order valence-corrected chi connectivity index (χ2v) is 11.7. The first-order valence-corrected chi connectivity index (χ1v) is 13.8. The Morgan fingerprint density at radius 1 is 0.941 bits per heavy atom. The van der Waals surface area contributed by atoms with Gasteiger partial charge in [0, 0.05) is 75.2 Å². The van der Waals surface area contributed by atoms with Gasteiger partial charge in [0.25, 0.3) is 5.91 Å². The lowest BCUT2D eigenvalue weighted by Gasteiger charge is -2.37. The number of amides is 1. The quantitative estimate of drug-likeness (QED) is 0.605. The Morgan fingerprint density at radius 3 is 2.32 bits per heavy atom. The molecule has 2 saturated heterocycles. The third-order valence-corrected chi connectivity index (χ3v) is 8.86. The van der Waals surface area contributed by atoms with Crippen molar-refractivity contribution in [1.82, 2.24) is 14.1 Å². The highest BCUT2D eigenvalue weighted by molar-refractivity contribution is 7.89. The van der Waals surface area contributed by atoms with Gasteiger partial charge in [-0.05, 0) is 49.2 Å². The van der Waals surface area contributed by atoms with E-state index < -0.39 is 10.0 Å². The molecule has 0 unspecified atom stereocenters. The first kappa shape index (κ1) is 25.0. The van der Waals surface area contributed by atoms with Crippen LogP contribution in [0, 0.1) is 6.92 Å². The monoisotopic (exact) mass is 504 g/mol. The molecular weight excluding hydrogens is 472 g/mol. The smallest absolute Gasteiger partial charge is 0.253 e. The average molecular weight is 505 g/mol. The van der Waals surface area contributed by atoms with Crippen LogP contribution in [0.4, 0.5) is 5.69 Å². The minimum atomic E-state index is -3.13. The van der Waals surface area contributed by atoms with Gasteiger partial charge in [-0.1, -0.05) is 29.8 Å². The number of aryl methyl sites for hydroxylation is 1. The number of rotatable bonds is 6. The lowest BCUT2D eigenvalue weighted by atomic mass is 10.1.